The van der Waals surface area contributed by atoms with Crippen molar-refractivity contribution in [3.05, 3.63) is 0 Å². The highest BCUT2D eigenvalue weighted by atomic mass is 16.2. The van der Waals surface area contributed by atoms with Crippen molar-refractivity contribution in [3.63, 3.8) is 0 Å². The van der Waals surface area contributed by atoms with E-state index in [2.05, 4.69) is 0 Å². The minimum Gasteiger partial charge on any atom is -0.347 e. The number of amides is 1. The molecule has 54 valence electrons. The normalized spacial score (nSPS) is 11.2. The van der Waals surface area contributed by atoms with E-state index in [1.54, 1.807) is 27.9 Å². The number of hydrogen-bond donors (Lipinski definition) is 1. The van der Waals surface area contributed by atoms with Gasteiger partial charge < -0.3 is 10.6 Å². The van der Waals surface area contributed by atoms with Crippen LogP contribution in [-0.4, -0.2) is 30.4 Å². The second-order valence-corrected chi connectivity index (χ2v) is 2.92. The fourth-order valence-electron chi connectivity index (χ4n) is 0.576. The Morgan fingerprint density at radius 3 is 1.78 bits per heavy atom. The third-order valence-corrected chi connectivity index (χ3v) is 0.957. The second-order valence-electron chi connectivity index (χ2n) is 2.92. The van der Waals surface area contributed by atoms with Gasteiger partial charge in [-0.1, -0.05) is 0 Å². The molecule has 0 spiro atoms. The molecule has 3 nitrogen and oxygen atoms in total. The van der Waals surface area contributed by atoms with Crippen molar-refractivity contribution < 1.29 is 4.79 Å². The fraction of sp³-hybridized carbons (Fsp3) is 0.833. The van der Waals surface area contributed by atoms with Gasteiger partial charge >= 0.3 is 0 Å². The lowest BCUT2D eigenvalue weighted by atomic mass is 10.1. The first-order valence-corrected chi connectivity index (χ1v) is 2.86. The Bertz CT molecular complexity index is 113. The number of likely N-dealkylation sites (N-methyl/N-ethyl adjacent to an activating group) is 1. The molecule has 0 aromatic heterocycles. The molecule has 0 saturated carbocycles. The van der Waals surface area contributed by atoms with E-state index in [9.17, 15) is 4.79 Å². The van der Waals surface area contributed by atoms with Crippen LogP contribution >= 0.6 is 0 Å². The van der Waals surface area contributed by atoms with E-state index in [1.165, 1.54) is 4.90 Å². The van der Waals surface area contributed by atoms with Gasteiger partial charge in [-0.15, -0.1) is 0 Å². The van der Waals surface area contributed by atoms with Gasteiger partial charge in [0.1, 0.15) is 0 Å². The molecule has 0 fully saturated rings. The molecule has 0 bridgehead atoms. The lowest BCUT2D eigenvalue weighted by molar-refractivity contribution is -0.133. The Morgan fingerprint density at radius 2 is 1.78 bits per heavy atom. The molecular weight excluding hydrogens is 116 g/mol. The lowest BCUT2D eigenvalue weighted by Gasteiger charge is -2.21. The van der Waals surface area contributed by atoms with Gasteiger partial charge in [0.05, 0.1) is 5.54 Å². The van der Waals surface area contributed by atoms with E-state index < -0.39 is 5.54 Å². The monoisotopic (exact) mass is 130 g/mol. The van der Waals surface area contributed by atoms with Crippen LogP contribution in [0.1, 0.15) is 13.8 Å². The molecule has 0 aliphatic carbocycles. The minimum atomic E-state index is -0.733. The summed E-state index contributed by atoms with van der Waals surface area (Å²) < 4.78 is 0. The summed E-state index contributed by atoms with van der Waals surface area (Å²) in [6.45, 7) is 3.38. The molecular formula is C6H14N2O. The molecule has 0 aromatic rings. The van der Waals surface area contributed by atoms with Gasteiger partial charge in [0, 0.05) is 14.1 Å². The Labute approximate surface area is 55.8 Å². The molecule has 0 unspecified atom stereocenters. The zero-order valence-electron chi connectivity index (χ0n) is 6.43. The molecule has 0 heterocycles. The number of carbonyl (C=O) groups excluding carboxylic acids is 1. The maximum absolute atomic E-state index is 11.0. The van der Waals surface area contributed by atoms with E-state index in [-0.39, 0.29) is 5.91 Å². The molecule has 9 heavy (non-hydrogen) atoms. The maximum Gasteiger partial charge on any atom is 0.241 e. The van der Waals surface area contributed by atoms with Crippen LogP contribution < -0.4 is 5.73 Å². The van der Waals surface area contributed by atoms with Crippen LogP contribution in [0.3, 0.4) is 0 Å². The predicted octanol–water partition coefficient (Wildman–Crippen LogP) is -0.188. The standard InChI is InChI=1S/C6H14N2O/c1-6(2,7)5(9)8(3)4/h7H2,1-4H3. The van der Waals surface area contributed by atoms with Gasteiger partial charge in [-0.05, 0) is 13.8 Å². The summed E-state index contributed by atoms with van der Waals surface area (Å²) >= 11 is 0. The Kier molecular flexibility index (Phi) is 2.20. The molecule has 0 aliphatic heterocycles. The number of nitrogens with zero attached hydrogens (tertiary/aromatic N) is 1. The van der Waals surface area contributed by atoms with E-state index >= 15 is 0 Å². The quantitative estimate of drug-likeness (QED) is 0.535. The topological polar surface area (TPSA) is 46.3 Å². The van der Waals surface area contributed by atoms with Gasteiger partial charge in [-0.3, -0.25) is 4.79 Å². The van der Waals surface area contributed by atoms with Crippen LogP contribution in [0, 0.1) is 0 Å². The Morgan fingerprint density at radius 1 is 1.44 bits per heavy atom. The Hall–Kier alpha value is -0.570. The smallest absolute Gasteiger partial charge is 0.241 e. The zero-order valence-corrected chi connectivity index (χ0v) is 6.43. The molecule has 3 heteroatoms. The first kappa shape index (κ1) is 8.43. The second kappa shape index (κ2) is 2.35. The van der Waals surface area contributed by atoms with Gasteiger partial charge in [-0.2, -0.15) is 0 Å². The number of carbonyl (C=O) groups is 1. The van der Waals surface area contributed by atoms with E-state index in [1.807, 2.05) is 0 Å². The molecule has 0 atom stereocenters. The van der Waals surface area contributed by atoms with Gasteiger partial charge in [-0.25, -0.2) is 0 Å². The number of hydrogen-bond acceptors (Lipinski definition) is 2. The number of nitrogens with two attached hydrogens (primary N) is 1. The highest BCUT2D eigenvalue weighted by molar-refractivity contribution is 5.84. The van der Waals surface area contributed by atoms with E-state index in [0.717, 1.165) is 0 Å². The largest absolute Gasteiger partial charge is 0.347 e. The van der Waals surface area contributed by atoms with E-state index in [4.69, 9.17) is 5.73 Å². The SMILES string of the molecule is CN(C)C(=O)C(C)(C)N. The first-order chi connectivity index (χ1) is 3.85. The summed E-state index contributed by atoms with van der Waals surface area (Å²) in [6.07, 6.45) is 0. The number of rotatable bonds is 1. The summed E-state index contributed by atoms with van der Waals surface area (Å²) in [5.41, 5.74) is 4.76. The zero-order chi connectivity index (χ0) is 7.65. The third-order valence-electron chi connectivity index (χ3n) is 0.957. The van der Waals surface area contributed by atoms with Crippen molar-refractivity contribution in [1.82, 2.24) is 4.90 Å². The van der Waals surface area contributed by atoms with Crippen molar-refractivity contribution in [1.29, 1.82) is 0 Å². The van der Waals surface area contributed by atoms with Gasteiger partial charge in [0.15, 0.2) is 0 Å². The molecule has 1 amide bonds. The summed E-state index contributed by atoms with van der Waals surface area (Å²) in [5, 5.41) is 0. The van der Waals surface area contributed by atoms with E-state index in [0.29, 0.717) is 0 Å². The molecule has 0 aromatic carbocycles. The van der Waals surface area contributed by atoms with Crippen molar-refractivity contribution in [2.75, 3.05) is 14.1 Å². The summed E-state index contributed by atoms with van der Waals surface area (Å²) in [5.74, 6) is -0.0532. The molecule has 2 N–H and O–H groups in total. The highest BCUT2D eigenvalue weighted by Gasteiger charge is 2.22. The summed E-state index contributed by atoms with van der Waals surface area (Å²) in [6, 6.07) is 0. The van der Waals surface area contributed by atoms with Gasteiger partial charge in [0.25, 0.3) is 0 Å². The highest BCUT2D eigenvalue weighted by Crippen LogP contribution is 1.99. The Balaban J connectivity index is 4.06. The van der Waals surface area contributed by atoms with Crippen LogP contribution in [0.15, 0.2) is 0 Å². The maximum atomic E-state index is 11.0. The minimum absolute atomic E-state index is 0.0532. The van der Waals surface area contributed by atoms with Crippen LogP contribution in [0.4, 0.5) is 0 Å². The van der Waals surface area contributed by atoms with Crippen LogP contribution in [-0.2, 0) is 4.79 Å². The van der Waals surface area contributed by atoms with Crippen molar-refractivity contribution >= 4 is 5.91 Å². The van der Waals surface area contributed by atoms with Crippen molar-refractivity contribution in [2.24, 2.45) is 5.73 Å². The molecule has 0 radical (unpaired) electrons. The molecule has 0 rings (SSSR count). The van der Waals surface area contributed by atoms with Crippen LogP contribution in [0.5, 0.6) is 0 Å². The average Bonchev–Trinajstić information content (AvgIpc) is 1.62. The predicted molar refractivity (Wildman–Crippen MR) is 37.0 cm³/mol. The fourth-order valence-corrected chi connectivity index (χ4v) is 0.576. The average molecular weight is 130 g/mol. The molecule has 0 aliphatic rings. The van der Waals surface area contributed by atoms with Crippen LogP contribution in [0.2, 0.25) is 0 Å². The summed E-state index contributed by atoms with van der Waals surface area (Å²) in [4.78, 5) is 12.5. The lowest BCUT2D eigenvalue weighted by Crippen LogP contribution is -2.48. The van der Waals surface area contributed by atoms with Crippen LogP contribution in [0.25, 0.3) is 0 Å². The van der Waals surface area contributed by atoms with Gasteiger partial charge in [0.2, 0.25) is 5.91 Å². The van der Waals surface area contributed by atoms with Crippen molar-refractivity contribution in [2.45, 2.75) is 19.4 Å². The first-order valence-electron chi connectivity index (χ1n) is 2.86. The third kappa shape index (κ3) is 2.46. The molecule has 0 saturated heterocycles. The summed E-state index contributed by atoms with van der Waals surface area (Å²) in [7, 11) is 3.38. The van der Waals surface area contributed by atoms with Crippen molar-refractivity contribution in [3.8, 4) is 0 Å².